The standard InChI is InChI=1S/C12H13N3.C6H6/c1-5-9-7-6-8-10-13-11(12(2,3)4)14-15(9)10;1-2-4-6-5-3-1/h1,6-8H,2-4H3;1-6H. The molecule has 0 N–H and O–H groups in total. The molecule has 3 rings (SSSR count). The number of hydrogen-bond acceptors (Lipinski definition) is 2. The Morgan fingerprint density at radius 3 is 2.00 bits per heavy atom. The highest BCUT2D eigenvalue weighted by molar-refractivity contribution is 5.43. The first-order valence-corrected chi connectivity index (χ1v) is 6.85. The Hall–Kier alpha value is -2.60. The summed E-state index contributed by atoms with van der Waals surface area (Å²) in [5, 5.41) is 4.42. The fraction of sp³-hybridized carbons (Fsp3) is 0.222. The molecule has 3 nitrogen and oxygen atoms in total. The highest BCUT2D eigenvalue weighted by atomic mass is 15.3. The number of benzene rings is 1. The number of terminal acetylenes is 1. The molecule has 0 aliphatic rings. The van der Waals surface area contributed by atoms with Crippen molar-refractivity contribution in [3.63, 3.8) is 0 Å². The summed E-state index contributed by atoms with van der Waals surface area (Å²) in [6.07, 6.45) is 5.40. The van der Waals surface area contributed by atoms with Crippen LogP contribution in [0.3, 0.4) is 0 Å². The zero-order valence-corrected chi connectivity index (χ0v) is 12.6. The minimum absolute atomic E-state index is 0.0577. The van der Waals surface area contributed by atoms with Gasteiger partial charge in [0.25, 0.3) is 0 Å². The van der Waals surface area contributed by atoms with Gasteiger partial charge in [-0.2, -0.15) is 0 Å². The zero-order valence-electron chi connectivity index (χ0n) is 12.6. The molecule has 0 aliphatic heterocycles. The van der Waals surface area contributed by atoms with Crippen LogP contribution < -0.4 is 0 Å². The van der Waals surface area contributed by atoms with Gasteiger partial charge >= 0.3 is 0 Å². The van der Waals surface area contributed by atoms with Crippen molar-refractivity contribution in [3.8, 4) is 12.3 Å². The van der Waals surface area contributed by atoms with Gasteiger partial charge in [0, 0.05) is 5.41 Å². The van der Waals surface area contributed by atoms with Crippen molar-refractivity contribution in [2.45, 2.75) is 26.2 Å². The molecule has 0 atom stereocenters. The summed E-state index contributed by atoms with van der Waals surface area (Å²) in [4.78, 5) is 4.45. The van der Waals surface area contributed by atoms with Crippen LogP contribution in [0, 0.1) is 12.3 Å². The number of nitrogens with zero attached hydrogens (tertiary/aromatic N) is 3. The van der Waals surface area contributed by atoms with Crippen molar-refractivity contribution in [2.24, 2.45) is 0 Å². The molecular weight excluding hydrogens is 258 g/mol. The summed E-state index contributed by atoms with van der Waals surface area (Å²) >= 11 is 0. The Balaban J connectivity index is 0.000000225. The second kappa shape index (κ2) is 6.23. The molecule has 0 unspecified atom stereocenters. The van der Waals surface area contributed by atoms with Crippen LogP contribution in [0.2, 0.25) is 0 Å². The topological polar surface area (TPSA) is 30.2 Å². The molecule has 0 radical (unpaired) electrons. The predicted octanol–water partition coefficient (Wildman–Crippen LogP) is 3.69. The molecule has 0 saturated heterocycles. The molecule has 0 saturated carbocycles. The van der Waals surface area contributed by atoms with Crippen LogP contribution in [0.25, 0.3) is 5.65 Å². The van der Waals surface area contributed by atoms with E-state index in [1.807, 2.05) is 54.6 Å². The monoisotopic (exact) mass is 277 g/mol. The summed E-state index contributed by atoms with van der Waals surface area (Å²) < 4.78 is 1.71. The molecule has 0 bridgehead atoms. The van der Waals surface area contributed by atoms with E-state index in [4.69, 9.17) is 6.42 Å². The van der Waals surface area contributed by atoms with E-state index >= 15 is 0 Å². The average Bonchev–Trinajstić information content (AvgIpc) is 2.94. The van der Waals surface area contributed by atoms with Gasteiger partial charge in [-0.1, -0.05) is 69.2 Å². The fourth-order valence-corrected chi connectivity index (χ4v) is 1.72. The fourth-order valence-electron chi connectivity index (χ4n) is 1.72. The lowest BCUT2D eigenvalue weighted by Gasteiger charge is -2.11. The van der Waals surface area contributed by atoms with E-state index in [1.165, 1.54) is 0 Å². The first-order chi connectivity index (χ1) is 10.0. The van der Waals surface area contributed by atoms with Gasteiger partial charge in [0.1, 0.15) is 5.69 Å². The van der Waals surface area contributed by atoms with Crippen LogP contribution >= 0.6 is 0 Å². The molecule has 3 aromatic rings. The molecule has 3 heteroatoms. The van der Waals surface area contributed by atoms with Crippen LogP contribution in [0.4, 0.5) is 0 Å². The van der Waals surface area contributed by atoms with Crippen molar-refractivity contribution in [3.05, 3.63) is 66.1 Å². The van der Waals surface area contributed by atoms with Crippen molar-refractivity contribution in [1.29, 1.82) is 0 Å². The largest absolute Gasteiger partial charge is 0.211 e. The van der Waals surface area contributed by atoms with Gasteiger partial charge in [-0.05, 0) is 12.1 Å². The number of aromatic nitrogens is 3. The highest BCUT2D eigenvalue weighted by Crippen LogP contribution is 2.19. The lowest BCUT2D eigenvalue weighted by atomic mass is 9.96. The molecule has 106 valence electrons. The van der Waals surface area contributed by atoms with Crippen LogP contribution in [0.15, 0.2) is 54.6 Å². The van der Waals surface area contributed by atoms with Gasteiger partial charge in [-0.3, -0.25) is 0 Å². The van der Waals surface area contributed by atoms with E-state index < -0.39 is 0 Å². The Bertz CT molecular complexity index is 717. The normalized spacial score (nSPS) is 10.6. The Morgan fingerprint density at radius 2 is 1.52 bits per heavy atom. The number of pyridine rings is 1. The number of fused-ring (bicyclic) bond motifs is 1. The van der Waals surface area contributed by atoms with Gasteiger partial charge in [0.15, 0.2) is 11.5 Å². The highest BCUT2D eigenvalue weighted by Gasteiger charge is 2.19. The predicted molar refractivity (Wildman–Crippen MR) is 86.1 cm³/mol. The Labute approximate surface area is 125 Å². The molecule has 0 fully saturated rings. The van der Waals surface area contributed by atoms with Crippen LogP contribution in [-0.4, -0.2) is 14.6 Å². The van der Waals surface area contributed by atoms with Gasteiger partial charge in [-0.25, -0.2) is 9.50 Å². The molecule has 1 aromatic carbocycles. The maximum Gasteiger partial charge on any atom is 0.157 e. The third-order valence-electron chi connectivity index (χ3n) is 2.85. The van der Waals surface area contributed by atoms with E-state index in [9.17, 15) is 0 Å². The lowest BCUT2D eigenvalue weighted by molar-refractivity contribution is 0.545. The van der Waals surface area contributed by atoms with Gasteiger partial charge in [0.2, 0.25) is 0 Å². The van der Waals surface area contributed by atoms with E-state index in [0.717, 1.165) is 17.2 Å². The minimum atomic E-state index is -0.0577. The minimum Gasteiger partial charge on any atom is -0.211 e. The average molecular weight is 277 g/mol. The quantitative estimate of drug-likeness (QED) is 0.587. The maximum absolute atomic E-state index is 5.40. The van der Waals surface area contributed by atoms with E-state index in [1.54, 1.807) is 4.52 Å². The van der Waals surface area contributed by atoms with Gasteiger partial charge in [-0.15, -0.1) is 11.5 Å². The van der Waals surface area contributed by atoms with Crippen LogP contribution in [-0.2, 0) is 5.41 Å². The molecule has 0 spiro atoms. The first kappa shape index (κ1) is 14.8. The first-order valence-electron chi connectivity index (χ1n) is 6.85. The third-order valence-corrected chi connectivity index (χ3v) is 2.85. The molecular formula is C18H19N3. The van der Waals surface area contributed by atoms with Crippen LogP contribution in [0.5, 0.6) is 0 Å². The smallest absolute Gasteiger partial charge is 0.157 e. The molecule has 21 heavy (non-hydrogen) atoms. The van der Waals surface area contributed by atoms with Crippen molar-refractivity contribution >= 4 is 5.65 Å². The van der Waals surface area contributed by atoms with Gasteiger partial charge < -0.3 is 0 Å². The summed E-state index contributed by atoms with van der Waals surface area (Å²) in [5.41, 5.74) is 1.48. The molecule has 0 amide bonds. The lowest BCUT2D eigenvalue weighted by Crippen LogP contribution is -2.13. The number of hydrogen-bond donors (Lipinski definition) is 0. The van der Waals surface area contributed by atoms with E-state index in [2.05, 4.69) is 36.8 Å². The second-order valence-corrected chi connectivity index (χ2v) is 5.67. The van der Waals surface area contributed by atoms with Crippen molar-refractivity contribution < 1.29 is 0 Å². The molecule has 2 heterocycles. The Kier molecular flexibility index (Phi) is 4.39. The SMILES string of the molecule is C#Cc1cccc2nc(C(C)(C)C)nn12.c1ccccc1. The molecule has 0 aliphatic carbocycles. The van der Waals surface area contributed by atoms with Crippen molar-refractivity contribution in [2.75, 3.05) is 0 Å². The second-order valence-electron chi connectivity index (χ2n) is 5.67. The summed E-state index contributed by atoms with van der Waals surface area (Å²) in [7, 11) is 0. The maximum atomic E-state index is 5.40. The zero-order chi connectivity index (χ0) is 15.3. The third kappa shape index (κ3) is 3.70. The van der Waals surface area contributed by atoms with Crippen LogP contribution in [0.1, 0.15) is 32.3 Å². The van der Waals surface area contributed by atoms with E-state index in [-0.39, 0.29) is 5.41 Å². The Morgan fingerprint density at radius 1 is 0.952 bits per heavy atom. The summed E-state index contributed by atoms with van der Waals surface area (Å²) in [6.45, 7) is 6.24. The summed E-state index contributed by atoms with van der Waals surface area (Å²) in [5.74, 6) is 3.41. The van der Waals surface area contributed by atoms with Crippen molar-refractivity contribution in [1.82, 2.24) is 14.6 Å². The van der Waals surface area contributed by atoms with Gasteiger partial charge in [0.05, 0.1) is 0 Å². The molecule has 2 aromatic heterocycles. The summed E-state index contributed by atoms with van der Waals surface area (Å²) in [6, 6.07) is 17.7. The number of rotatable bonds is 0. The van der Waals surface area contributed by atoms with E-state index in [0.29, 0.717) is 0 Å².